The highest BCUT2D eigenvalue weighted by atomic mass is 19.2. The topological polar surface area (TPSA) is 9.23 Å². The number of aryl methyl sites for hydroxylation is 2. The maximum Gasteiger partial charge on any atom is 0.201 e. The van der Waals surface area contributed by atoms with Crippen molar-refractivity contribution in [3.63, 3.8) is 0 Å². The fourth-order valence-corrected chi connectivity index (χ4v) is 4.99. The molecule has 26 heavy (non-hydrogen) atoms. The lowest BCUT2D eigenvalue weighted by Crippen LogP contribution is -2.24. The van der Waals surface area contributed by atoms with E-state index in [0.29, 0.717) is 24.5 Å². The Morgan fingerprint density at radius 2 is 1.62 bits per heavy atom. The van der Waals surface area contributed by atoms with Crippen LogP contribution in [0.25, 0.3) is 0 Å². The van der Waals surface area contributed by atoms with E-state index in [1.807, 2.05) is 6.92 Å². The fraction of sp³-hybridized carbons (Fsp3) is 0.739. The zero-order chi connectivity index (χ0) is 18.5. The molecule has 146 valence electrons. The smallest absolute Gasteiger partial charge is 0.201 e. The second-order valence-electron chi connectivity index (χ2n) is 8.55. The molecule has 1 aromatic carbocycles. The minimum absolute atomic E-state index is 0.126. The Morgan fingerprint density at radius 3 is 2.27 bits per heavy atom. The van der Waals surface area contributed by atoms with Crippen molar-refractivity contribution in [3.05, 3.63) is 28.8 Å². The van der Waals surface area contributed by atoms with E-state index in [1.54, 1.807) is 6.07 Å². The molecule has 0 bridgehead atoms. The van der Waals surface area contributed by atoms with Crippen LogP contribution in [0.3, 0.4) is 0 Å². The lowest BCUT2D eigenvalue weighted by molar-refractivity contribution is 0.151. The third-order valence-electron chi connectivity index (χ3n) is 6.64. The van der Waals surface area contributed by atoms with Crippen LogP contribution in [0.1, 0.15) is 82.3 Å². The normalized spacial score (nSPS) is 24.2. The molecule has 0 atom stereocenters. The van der Waals surface area contributed by atoms with Crippen LogP contribution in [0.4, 0.5) is 8.78 Å². The average Bonchev–Trinajstić information content (AvgIpc) is 3.18. The Balaban J connectivity index is 1.54. The van der Waals surface area contributed by atoms with Crippen molar-refractivity contribution >= 4 is 0 Å². The highest BCUT2D eigenvalue weighted by Gasteiger charge is 2.30. The number of ether oxygens (including phenoxy) is 1. The van der Waals surface area contributed by atoms with Gasteiger partial charge in [0.15, 0.2) is 11.6 Å². The third kappa shape index (κ3) is 4.58. The molecule has 1 nitrogen and oxygen atoms in total. The highest BCUT2D eigenvalue weighted by molar-refractivity contribution is 5.39. The van der Waals surface area contributed by atoms with E-state index >= 15 is 0 Å². The Labute approximate surface area is 157 Å². The van der Waals surface area contributed by atoms with Crippen molar-refractivity contribution in [1.29, 1.82) is 0 Å². The van der Waals surface area contributed by atoms with Gasteiger partial charge in [-0.05, 0) is 80.4 Å². The molecule has 2 aliphatic carbocycles. The second-order valence-corrected chi connectivity index (χ2v) is 8.55. The molecule has 0 heterocycles. The van der Waals surface area contributed by atoms with E-state index in [9.17, 15) is 8.78 Å². The van der Waals surface area contributed by atoms with E-state index < -0.39 is 11.6 Å². The molecule has 0 N–H and O–H groups in total. The van der Waals surface area contributed by atoms with Crippen LogP contribution >= 0.6 is 0 Å². The Bertz CT molecular complexity index is 584. The summed E-state index contributed by atoms with van der Waals surface area (Å²) in [7, 11) is 0. The molecule has 0 saturated heterocycles. The summed E-state index contributed by atoms with van der Waals surface area (Å²) in [6.07, 6.45) is 13.0. The average molecular weight is 365 g/mol. The van der Waals surface area contributed by atoms with E-state index in [4.69, 9.17) is 4.74 Å². The Kier molecular flexibility index (Phi) is 6.94. The maximum atomic E-state index is 14.5. The van der Waals surface area contributed by atoms with Crippen molar-refractivity contribution in [2.24, 2.45) is 17.8 Å². The lowest BCUT2D eigenvalue weighted by atomic mass is 9.75. The Morgan fingerprint density at radius 1 is 0.962 bits per heavy atom. The van der Waals surface area contributed by atoms with Crippen molar-refractivity contribution < 1.29 is 13.5 Å². The van der Waals surface area contributed by atoms with Gasteiger partial charge in [0.1, 0.15) is 0 Å². The number of hydrogen-bond donors (Lipinski definition) is 0. The van der Waals surface area contributed by atoms with Gasteiger partial charge in [-0.2, -0.15) is 4.39 Å². The minimum Gasteiger partial charge on any atom is -0.490 e. The molecule has 0 amide bonds. The molecule has 0 radical (unpaired) electrons. The molecule has 2 fully saturated rings. The zero-order valence-corrected chi connectivity index (χ0v) is 16.5. The van der Waals surface area contributed by atoms with Crippen molar-refractivity contribution in [2.45, 2.75) is 84.5 Å². The van der Waals surface area contributed by atoms with E-state index in [2.05, 4.69) is 6.92 Å². The summed E-state index contributed by atoms with van der Waals surface area (Å²) in [5.41, 5.74) is 1.20. The van der Waals surface area contributed by atoms with Gasteiger partial charge in [-0.25, -0.2) is 4.39 Å². The number of halogens is 2. The van der Waals surface area contributed by atoms with Crippen LogP contribution in [0, 0.1) is 36.3 Å². The van der Waals surface area contributed by atoms with Crippen LogP contribution in [0.15, 0.2) is 6.07 Å². The number of benzene rings is 1. The molecule has 2 aliphatic rings. The van der Waals surface area contributed by atoms with Crippen LogP contribution in [0.5, 0.6) is 5.75 Å². The molecule has 0 unspecified atom stereocenters. The third-order valence-corrected chi connectivity index (χ3v) is 6.64. The first-order valence-corrected chi connectivity index (χ1v) is 10.7. The molecular weight excluding hydrogens is 330 g/mol. The maximum absolute atomic E-state index is 14.5. The number of rotatable bonds is 7. The summed E-state index contributed by atoms with van der Waals surface area (Å²) < 4.78 is 34.6. The van der Waals surface area contributed by atoms with Gasteiger partial charge in [0.2, 0.25) is 5.82 Å². The Hall–Kier alpha value is -1.12. The van der Waals surface area contributed by atoms with Gasteiger partial charge in [0.05, 0.1) is 6.61 Å². The van der Waals surface area contributed by atoms with Gasteiger partial charge in [0, 0.05) is 0 Å². The summed E-state index contributed by atoms with van der Waals surface area (Å²) in [6.45, 7) is 4.40. The lowest BCUT2D eigenvalue weighted by Gasteiger charge is -2.32. The van der Waals surface area contributed by atoms with Gasteiger partial charge in [-0.3, -0.25) is 0 Å². The van der Waals surface area contributed by atoms with Crippen LogP contribution in [-0.4, -0.2) is 6.61 Å². The van der Waals surface area contributed by atoms with Crippen molar-refractivity contribution in [2.75, 3.05) is 6.61 Å². The molecule has 3 rings (SSSR count). The van der Waals surface area contributed by atoms with Gasteiger partial charge in [-0.15, -0.1) is 0 Å². The second kappa shape index (κ2) is 9.19. The summed E-state index contributed by atoms with van der Waals surface area (Å²) >= 11 is 0. The van der Waals surface area contributed by atoms with Gasteiger partial charge >= 0.3 is 0 Å². The highest BCUT2D eigenvalue weighted by Crippen LogP contribution is 2.41. The molecular formula is C23H34F2O. The first-order chi connectivity index (χ1) is 12.6. The van der Waals surface area contributed by atoms with Gasteiger partial charge in [0.25, 0.3) is 0 Å². The predicted molar refractivity (Wildman–Crippen MR) is 103 cm³/mol. The number of unbranched alkanes of at least 4 members (excludes halogenated alkanes) is 1. The summed E-state index contributed by atoms with van der Waals surface area (Å²) in [5.74, 6) is 0.929. The fourth-order valence-electron chi connectivity index (χ4n) is 4.99. The van der Waals surface area contributed by atoms with Crippen molar-refractivity contribution in [3.8, 4) is 5.75 Å². The number of hydrogen-bond acceptors (Lipinski definition) is 1. The van der Waals surface area contributed by atoms with E-state index in [0.717, 1.165) is 30.2 Å². The summed E-state index contributed by atoms with van der Waals surface area (Å²) in [4.78, 5) is 0. The van der Waals surface area contributed by atoms with E-state index in [-0.39, 0.29) is 5.75 Å². The minimum atomic E-state index is -0.796. The van der Waals surface area contributed by atoms with Crippen molar-refractivity contribution in [1.82, 2.24) is 0 Å². The molecule has 2 saturated carbocycles. The molecule has 1 aromatic rings. The molecule has 0 aromatic heterocycles. The van der Waals surface area contributed by atoms with Crippen LogP contribution in [-0.2, 0) is 6.42 Å². The van der Waals surface area contributed by atoms with Gasteiger partial charge < -0.3 is 4.74 Å². The summed E-state index contributed by atoms with van der Waals surface area (Å²) in [5, 5.41) is 0. The quantitative estimate of drug-likeness (QED) is 0.506. The van der Waals surface area contributed by atoms with Crippen LogP contribution < -0.4 is 4.74 Å². The zero-order valence-electron chi connectivity index (χ0n) is 16.5. The molecule has 0 aliphatic heterocycles. The standard InChI is InChI=1S/C23H34F2O/c1-3-4-7-20-14-16(2)23(22(25)21(20)24)26-15-17-10-12-19(13-11-17)18-8-5-6-9-18/h14,17-19H,3-13,15H2,1-2H3. The predicted octanol–water partition coefficient (Wildman–Crippen LogP) is 6.99. The summed E-state index contributed by atoms with van der Waals surface area (Å²) in [6, 6.07) is 1.76. The van der Waals surface area contributed by atoms with E-state index in [1.165, 1.54) is 51.4 Å². The monoisotopic (exact) mass is 364 g/mol. The molecule has 3 heteroatoms. The SMILES string of the molecule is CCCCc1cc(C)c(OCC2CCC(C3CCCC3)CC2)c(F)c1F. The largest absolute Gasteiger partial charge is 0.490 e. The molecule has 0 spiro atoms. The van der Waals surface area contributed by atoms with Crippen LogP contribution in [0.2, 0.25) is 0 Å². The van der Waals surface area contributed by atoms with Gasteiger partial charge in [-0.1, -0.05) is 39.0 Å². The first kappa shape index (κ1) is 19.6. The first-order valence-electron chi connectivity index (χ1n) is 10.7.